The smallest absolute Gasteiger partial charge is 0.274 e. The molecule has 1 atom stereocenters. The number of anilines is 1. The molecule has 0 bridgehead atoms. The van der Waals surface area contributed by atoms with E-state index in [1.54, 1.807) is 6.07 Å². The van der Waals surface area contributed by atoms with E-state index >= 15 is 0 Å². The number of benzene rings is 1. The number of pyridine rings is 1. The lowest BCUT2D eigenvalue weighted by molar-refractivity contribution is 0.102. The Morgan fingerprint density at radius 2 is 2.00 bits per heavy atom. The van der Waals surface area contributed by atoms with Gasteiger partial charge in [0.1, 0.15) is 5.69 Å². The van der Waals surface area contributed by atoms with Gasteiger partial charge in [-0.2, -0.15) is 0 Å². The number of likely N-dealkylation sites (N-methyl/N-ethyl adjacent to an activating group) is 1. The number of para-hydroxylation sites is 1. The van der Waals surface area contributed by atoms with Gasteiger partial charge in [0.05, 0.1) is 0 Å². The summed E-state index contributed by atoms with van der Waals surface area (Å²) < 4.78 is 0. The Balaban J connectivity index is 1.74. The van der Waals surface area contributed by atoms with E-state index in [2.05, 4.69) is 22.2 Å². The molecule has 0 radical (unpaired) electrons. The predicted molar refractivity (Wildman–Crippen MR) is 88.1 cm³/mol. The summed E-state index contributed by atoms with van der Waals surface area (Å²) in [6, 6.07) is 15.2. The van der Waals surface area contributed by atoms with Gasteiger partial charge < -0.3 is 10.2 Å². The first-order chi connectivity index (χ1) is 10.7. The van der Waals surface area contributed by atoms with Gasteiger partial charge in [0.25, 0.3) is 5.91 Å². The Kier molecular flexibility index (Phi) is 4.49. The summed E-state index contributed by atoms with van der Waals surface area (Å²) in [7, 11) is 2.14. The first kappa shape index (κ1) is 14.7. The molecule has 4 nitrogen and oxygen atoms in total. The summed E-state index contributed by atoms with van der Waals surface area (Å²) in [5, 5.41) is 2.89. The third kappa shape index (κ3) is 3.52. The van der Waals surface area contributed by atoms with Gasteiger partial charge >= 0.3 is 0 Å². The van der Waals surface area contributed by atoms with Crippen LogP contribution in [-0.2, 0) is 0 Å². The van der Waals surface area contributed by atoms with Gasteiger partial charge in [0.2, 0.25) is 0 Å². The fourth-order valence-corrected chi connectivity index (χ4v) is 2.93. The van der Waals surface area contributed by atoms with Crippen molar-refractivity contribution in [2.75, 3.05) is 25.5 Å². The normalized spacial score (nSPS) is 18.9. The van der Waals surface area contributed by atoms with Crippen molar-refractivity contribution in [3.05, 3.63) is 59.9 Å². The quantitative estimate of drug-likeness (QED) is 0.946. The number of piperidine rings is 1. The molecule has 1 N–H and O–H groups in total. The molecular formula is C18H21N3O. The minimum Gasteiger partial charge on any atom is -0.321 e. The standard InChI is InChI=1S/C18H21N3O/c1-21-12-6-7-14(13-21)16-10-5-11-17(20-16)18(22)19-15-8-3-2-4-9-15/h2-5,8-11,14H,6-7,12-13H2,1H3,(H,19,22)/t14-/m1/s1. The summed E-state index contributed by atoms with van der Waals surface area (Å²) in [6.45, 7) is 2.15. The number of carbonyl (C=O) groups is 1. The van der Waals surface area contributed by atoms with E-state index in [1.165, 1.54) is 6.42 Å². The zero-order valence-electron chi connectivity index (χ0n) is 12.8. The lowest BCUT2D eigenvalue weighted by Crippen LogP contribution is -2.31. The monoisotopic (exact) mass is 295 g/mol. The number of amides is 1. The summed E-state index contributed by atoms with van der Waals surface area (Å²) in [4.78, 5) is 19.2. The Morgan fingerprint density at radius 1 is 1.18 bits per heavy atom. The predicted octanol–water partition coefficient (Wildman–Crippen LogP) is 3.14. The molecule has 3 rings (SSSR count). The number of hydrogen-bond acceptors (Lipinski definition) is 3. The molecule has 1 saturated heterocycles. The van der Waals surface area contributed by atoms with Crippen LogP contribution in [0.1, 0.15) is 34.9 Å². The van der Waals surface area contributed by atoms with Crippen LogP contribution < -0.4 is 5.32 Å². The van der Waals surface area contributed by atoms with E-state index in [-0.39, 0.29) is 5.91 Å². The number of nitrogens with zero attached hydrogens (tertiary/aromatic N) is 2. The number of carbonyl (C=O) groups excluding carboxylic acids is 1. The first-order valence-corrected chi connectivity index (χ1v) is 7.74. The van der Waals surface area contributed by atoms with Gasteiger partial charge in [-0.3, -0.25) is 4.79 Å². The molecule has 0 unspecified atom stereocenters. The maximum absolute atomic E-state index is 12.3. The van der Waals surface area contributed by atoms with E-state index in [4.69, 9.17) is 0 Å². The van der Waals surface area contributed by atoms with Crippen molar-refractivity contribution < 1.29 is 4.79 Å². The maximum atomic E-state index is 12.3. The SMILES string of the molecule is CN1CCC[C@@H](c2cccc(C(=O)Nc3ccccc3)n2)C1. The Bertz CT molecular complexity index is 642. The van der Waals surface area contributed by atoms with E-state index in [1.807, 2.05) is 42.5 Å². The molecule has 1 aromatic carbocycles. The fraction of sp³-hybridized carbons (Fsp3) is 0.333. The van der Waals surface area contributed by atoms with Gasteiger partial charge in [-0.1, -0.05) is 24.3 Å². The summed E-state index contributed by atoms with van der Waals surface area (Å²) >= 11 is 0. The molecule has 114 valence electrons. The maximum Gasteiger partial charge on any atom is 0.274 e. The Labute approximate surface area is 131 Å². The van der Waals surface area contributed by atoms with Crippen LogP contribution in [0.3, 0.4) is 0 Å². The first-order valence-electron chi connectivity index (χ1n) is 7.74. The van der Waals surface area contributed by atoms with Crippen molar-refractivity contribution >= 4 is 11.6 Å². The number of likely N-dealkylation sites (tertiary alicyclic amines) is 1. The molecular weight excluding hydrogens is 274 g/mol. The third-order valence-corrected chi connectivity index (χ3v) is 4.08. The minimum atomic E-state index is -0.155. The second kappa shape index (κ2) is 6.71. The molecule has 1 fully saturated rings. The molecule has 0 saturated carbocycles. The van der Waals surface area contributed by atoms with Gasteiger partial charge in [-0.05, 0) is 50.7 Å². The molecule has 0 aliphatic carbocycles. The lowest BCUT2D eigenvalue weighted by Gasteiger charge is -2.29. The van der Waals surface area contributed by atoms with Crippen molar-refractivity contribution in [2.24, 2.45) is 0 Å². The van der Waals surface area contributed by atoms with Crippen LogP contribution in [0.5, 0.6) is 0 Å². The van der Waals surface area contributed by atoms with Crippen molar-refractivity contribution in [2.45, 2.75) is 18.8 Å². The molecule has 0 spiro atoms. The highest BCUT2D eigenvalue weighted by molar-refractivity contribution is 6.02. The highest BCUT2D eigenvalue weighted by Gasteiger charge is 2.21. The van der Waals surface area contributed by atoms with E-state index in [0.29, 0.717) is 11.6 Å². The van der Waals surface area contributed by atoms with Crippen LogP contribution in [0.25, 0.3) is 0 Å². The molecule has 1 aromatic heterocycles. The minimum absolute atomic E-state index is 0.155. The molecule has 1 aliphatic heterocycles. The largest absolute Gasteiger partial charge is 0.321 e. The van der Waals surface area contributed by atoms with E-state index < -0.39 is 0 Å². The molecule has 1 amide bonds. The molecule has 2 aromatic rings. The number of nitrogens with one attached hydrogen (secondary N) is 1. The topological polar surface area (TPSA) is 45.2 Å². The van der Waals surface area contributed by atoms with E-state index in [9.17, 15) is 4.79 Å². The average molecular weight is 295 g/mol. The van der Waals surface area contributed by atoms with Gasteiger partial charge in [-0.25, -0.2) is 4.98 Å². The van der Waals surface area contributed by atoms with Gasteiger partial charge in [0, 0.05) is 23.8 Å². The zero-order valence-corrected chi connectivity index (χ0v) is 12.8. The molecule has 4 heteroatoms. The van der Waals surface area contributed by atoms with Crippen LogP contribution in [0.15, 0.2) is 48.5 Å². The highest BCUT2D eigenvalue weighted by Crippen LogP contribution is 2.24. The molecule has 22 heavy (non-hydrogen) atoms. The summed E-state index contributed by atoms with van der Waals surface area (Å²) in [5.74, 6) is 0.264. The number of hydrogen-bond donors (Lipinski definition) is 1. The van der Waals surface area contributed by atoms with Crippen LogP contribution in [0.4, 0.5) is 5.69 Å². The van der Waals surface area contributed by atoms with Crippen molar-refractivity contribution in [3.8, 4) is 0 Å². The summed E-state index contributed by atoms with van der Waals surface area (Å²) in [6.07, 6.45) is 2.32. The van der Waals surface area contributed by atoms with Crippen molar-refractivity contribution in [1.29, 1.82) is 0 Å². The second-order valence-corrected chi connectivity index (χ2v) is 5.87. The van der Waals surface area contributed by atoms with E-state index in [0.717, 1.165) is 30.9 Å². The van der Waals surface area contributed by atoms with Crippen LogP contribution in [0.2, 0.25) is 0 Å². The molecule has 1 aliphatic rings. The lowest BCUT2D eigenvalue weighted by atomic mass is 9.94. The second-order valence-electron chi connectivity index (χ2n) is 5.87. The van der Waals surface area contributed by atoms with Crippen molar-refractivity contribution in [1.82, 2.24) is 9.88 Å². The summed E-state index contributed by atoms with van der Waals surface area (Å²) in [5.41, 5.74) is 2.29. The molecule has 2 heterocycles. The van der Waals surface area contributed by atoms with Crippen LogP contribution in [0, 0.1) is 0 Å². The highest BCUT2D eigenvalue weighted by atomic mass is 16.1. The Hall–Kier alpha value is -2.20. The number of aromatic nitrogens is 1. The Morgan fingerprint density at radius 3 is 2.77 bits per heavy atom. The van der Waals surface area contributed by atoms with Crippen LogP contribution in [-0.4, -0.2) is 35.9 Å². The van der Waals surface area contributed by atoms with Crippen LogP contribution >= 0.6 is 0 Å². The third-order valence-electron chi connectivity index (χ3n) is 4.08. The fourth-order valence-electron chi connectivity index (χ4n) is 2.93. The average Bonchev–Trinajstić information content (AvgIpc) is 2.56. The van der Waals surface area contributed by atoms with Crippen molar-refractivity contribution in [3.63, 3.8) is 0 Å². The van der Waals surface area contributed by atoms with Gasteiger partial charge in [0.15, 0.2) is 0 Å². The van der Waals surface area contributed by atoms with Gasteiger partial charge in [-0.15, -0.1) is 0 Å². The zero-order chi connectivity index (χ0) is 15.4. The number of rotatable bonds is 3.